The van der Waals surface area contributed by atoms with E-state index in [9.17, 15) is 10.2 Å². The van der Waals surface area contributed by atoms with Crippen molar-refractivity contribution < 1.29 is 48.1 Å². The van der Waals surface area contributed by atoms with Crippen molar-refractivity contribution in [3.8, 4) is 0 Å². The first-order chi connectivity index (χ1) is 14.8. The van der Waals surface area contributed by atoms with Crippen LogP contribution in [0, 0.1) is 0 Å². The van der Waals surface area contributed by atoms with Gasteiger partial charge in [-0.3, -0.25) is 0 Å². The maximum atomic E-state index is 10.2. The highest BCUT2D eigenvalue weighted by molar-refractivity contribution is 4.88. The van der Waals surface area contributed by atoms with Gasteiger partial charge in [-0.15, -0.1) is 0 Å². The lowest BCUT2D eigenvalue weighted by molar-refractivity contribution is -0.334. The van der Waals surface area contributed by atoms with Crippen LogP contribution in [0.1, 0.15) is 40.0 Å². The van der Waals surface area contributed by atoms with E-state index in [2.05, 4.69) is 0 Å². The standard InChI is InChI=1S/C21H38O10/c1-10-19(23)13(24-4)8-17(28-10)30-21-12(3)29-18(9-15(21)26-6)31-20-11(2)27-16(22)7-14(20)25-5/h10-23H,7-9H2,1-6H3/t10-,11-,12-,13-,14+,15+,16?,17+,18+,19-,20+,21-/m1/s1. The summed E-state index contributed by atoms with van der Waals surface area (Å²) in [7, 11) is 4.79. The minimum Gasteiger partial charge on any atom is -0.388 e. The van der Waals surface area contributed by atoms with Crippen LogP contribution in [0.5, 0.6) is 0 Å². The molecule has 12 atom stereocenters. The van der Waals surface area contributed by atoms with E-state index in [0.29, 0.717) is 19.3 Å². The van der Waals surface area contributed by atoms with Gasteiger partial charge in [0.25, 0.3) is 0 Å². The maximum absolute atomic E-state index is 10.2. The molecule has 0 aromatic carbocycles. The first-order valence-electron chi connectivity index (χ1n) is 11.0. The van der Waals surface area contributed by atoms with Gasteiger partial charge in [-0.1, -0.05) is 0 Å². The van der Waals surface area contributed by atoms with Gasteiger partial charge < -0.3 is 48.1 Å². The molecular formula is C21H38O10. The Morgan fingerprint density at radius 3 is 1.61 bits per heavy atom. The summed E-state index contributed by atoms with van der Waals surface area (Å²) in [4.78, 5) is 0. The van der Waals surface area contributed by atoms with E-state index in [0.717, 1.165) is 0 Å². The molecule has 3 rings (SSSR count). The monoisotopic (exact) mass is 450 g/mol. The van der Waals surface area contributed by atoms with E-state index in [-0.39, 0.29) is 42.7 Å². The van der Waals surface area contributed by atoms with E-state index in [1.54, 1.807) is 28.3 Å². The van der Waals surface area contributed by atoms with Crippen molar-refractivity contribution in [3.05, 3.63) is 0 Å². The number of hydrogen-bond donors (Lipinski definition) is 2. The minimum atomic E-state index is -0.872. The summed E-state index contributed by atoms with van der Waals surface area (Å²) in [5.74, 6) is 0. The second-order valence-corrected chi connectivity index (χ2v) is 8.56. The van der Waals surface area contributed by atoms with Gasteiger partial charge in [0, 0.05) is 40.6 Å². The van der Waals surface area contributed by atoms with E-state index in [1.807, 2.05) is 13.8 Å². The second-order valence-electron chi connectivity index (χ2n) is 8.56. The van der Waals surface area contributed by atoms with E-state index in [4.69, 9.17) is 37.9 Å². The number of aliphatic hydroxyl groups excluding tert-OH is 2. The lowest BCUT2D eigenvalue weighted by Crippen LogP contribution is -2.56. The highest BCUT2D eigenvalue weighted by Gasteiger charge is 2.45. The summed E-state index contributed by atoms with van der Waals surface area (Å²) in [6, 6.07) is 0. The highest BCUT2D eigenvalue weighted by atomic mass is 16.7. The molecule has 3 aliphatic heterocycles. The van der Waals surface area contributed by atoms with Gasteiger partial charge in [-0.25, -0.2) is 0 Å². The van der Waals surface area contributed by atoms with Gasteiger partial charge in [0.1, 0.15) is 18.3 Å². The normalized spacial score (nSPS) is 49.2. The van der Waals surface area contributed by atoms with E-state index < -0.39 is 31.1 Å². The van der Waals surface area contributed by atoms with Crippen LogP contribution in [0.15, 0.2) is 0 Å². The third-order valence-corrected chi connectivity index (χ3v) is 6.43. The predicted molar refractivity (Wildman–Crippen MR) is 107 cm³/mol. The Balaban J connectivity index is 1.60. The summed E-state index contributed by atoms with van der Waals surface area (Å²) in [5, 5.41) is 20.0. The molecule has 0 aromatic heterocycles. The van der Waals surface area contributed by atoms with Gasteiger partial charge in [0.2, 0.25) is 0 Å². The van der Waals surface area contributed by atoms with E-state index in [1.165, 1.54) is 0 Å². The van der Waals surface area contributed by atoms with Crippen molar-refractivity contribution in [2.45, 2.75) is 114 Å². The fourth-order valence-electron chi connectivity index (χ4n) is 4.64. The topological polar surface area (TPSA) is 114 Å². The summed E-state index contributed by atoms with van der Waals surface area (Å²) in [5.41, 5.74) is 0. The van der Waals surface area contributed by atoms with Crippen LogP contribution in [-0.4, -0.2) is 105 Å². The molecule has 3 heterocycles. The van der Waals surface area contributed by atoms with Gasteiger partial charge in [-0.2, -0.15) is 0 Å². The molecule has 10 nitrogen and oxygen atoms in total. The predicted octanol–water partition coefficient (Wildman–Crippen LogP) is 0.560. The quantitative estimate of drug-likeness (QED) is 0.570. The van der Waals surface area contributed by atoms with Crippen molar-refractivity contribution in [1.82, 2.24) is 0 Å². The van der Waals surface area contributed by atoms with Crippen molar-refractivity contribution in [1.29, 1.82) is 0 Å². The van der Waals surface area contributed by atoms with Crippen molar-refractivity contribution >= 4 is 0 Å². The Hall–Kier alpha value is -0.400. The molecule has 2 N–H and O–H groups in total. The molecule has 10 heteroatoms. The SMILES string of the molecule is CO[C@H]1CC(O)O[C@H](C)[C@@H]1O[C@H]1C[C@H](OC)[C@H](O[C@H]2C[C@@H](OC)[C@H](O)[C@@H](C)O2)[C@@H](C)O1. The van der Waals surface area contributed by atoms with Gasteiger partial charge in [0.15, 0.2) is 18.9 Å². The highest BCUT2D eigenvalue weighted by Crippen LogP contribution is 2.33. The minimum absolute atomic E-state index is 0.285. The molecule has 31 heavy (non-hydrogen) atoms. The summed E-state index contributed by atoms with van der Waals surface area (Å²) in [6.07, 6.45) is -4.26. The number of rotatable bonds is 7. The molecule has 0 spiro atoms. The van der Waals surface area contributed by atoms with Gasteiger partial charge >= 0.3 is 0 Å². The summed E-state index contributed by atoms with van der Waals surface area (Å²) in [6.45, 7) is 5.54. The molecule has 0 aliphatic carbocycles. The molecule has 3 aliphatic rings. The molecule has 0 saturated carbocycles. The van der Waals surface area contributed by atoms with E-state index >= 15 is 0 Å². The lowest BCUT2D eigenvalue weighted by atomic mass is 9.99. The van der Waals surface area contributed by atoms with Crippen LogP contribution >= 0.6 is 0 Å². The molecule has 0 amide bonds. The Morgan fingerprint density at radius 1 is 0.613 bits per heavy atom. The molecule has 3 saturated heterocycles. The average molecular weight is 451 g/mol. The Morgan fingerprint density at radius 2 is 1.06 bits per heavy atom. The average Bonchev–Trinajstić information content (AvgIpc) is 2.73. The summed E-state index contributed by atoms with van der Waals surface area (Å²) < 4.78 is 46.4. The zero-order chi connectivity index (χ0) is 22.7. The smallest absolute Gasteiger partial charge is 0.161 e. The fourth-order valence-corrected chi connectivity index (χ4v) is 4.64. The van der Waals surface area contributed by atoms with Crippen molar-refractivity contribution in [2.24, 2.45) is 0 Å². The Bertz CT molecular complexity index is 550. The molecule has 1 unspecified atom stereocenters. The van der Waals surface area contributed by atoms with Gasteiger partial charge in [-0.05, 0) is 20.8 Å². The first kappa shape index (κ1) is 25.2. The number of aliphatic hydroxyl groups is 2. The van der Waals surface area contributed by atoms with Crippen LogP contribution in [-0.2, 0) is 37.9 Å². The maximum Gasteiger partial charge on any atom is 0.161 e. The largest absolute Gasteiger partial charge is 0.388 e. The van der Waals surface area contributed by atoms with Crippen LogP contribution in [0.2, 0.25) is 0 Å². The molecule has 0 radical (unpaired) electrons. The Kier molecular flexibility index (Phi) is 9.07. The molecule has 182 valence electrons. The summed E-state index contributed by atoms with van der Waals surface area (Å²) >= 11 is 0. The second kappa shape index (κ2) is 11.1. The molecule has 3 fully saturated rings. The zero-order valence-corrected chi connectivity index (χ0v) is 19.2. The van der Waals surface area contributed by atoms with Crippen LogP contribution in [0.4, 0.5) is 0 Å². The fraction of sp³-hybridized carbons (Fsp3) is 1.00. The van der Waals surface area contributed by atoms with Crippen LogP contribution < -0.4 is 0 Å². The van der Waals surface area contributed by atoms with Crippen molar-refractivity contribution in [2.75, 3.05) is 21.3 Å². The van der Waals surface area contributed by atoms with Gasteiger partial charge in [0.05, 0.1) is 36.6 Å². The zero-order valence-electron chi connectivity index (χ0n) is 19.2. The van der Waals surface area contributed by atoms with Crippen LogP contribution in [0.3, 0.4) is 0 Å². The number of hydrogen-bond acceptors (Lipinski definition) is 10. The molecule has 0 aromatic rings. The first-order valence-corrected chi connectivity index (χ1v) is 11.0. The Labute approximate surface area is 184 Å². The molecule has 0 bridgehead atoms. The van der Waals surface area contributed by atoms with Crippen molar-refractivity contribution in [3.63, 3.8) is 0 Å². The molecular weight excluding hydrogens is 412 g/mol. The lowest BCUT2D eigenvalue weighted by Gasteiger charge is -2.45. The third-order valence-electron chi connectivity index (χ3n) is 6.43. The number of methoxy groups -OCH3 is 3. The number of ether oxygens (including phenoxy) is 8. The van der Waals surface area contributed by atoms with Crippen LogP contribution in [0.25, 0.3) is 0 Å². The third kappa shape index (κ3) is 5.94.